The first-order chi connectivity index (χ1) is 12.7. The van der Waals surface area contributed by atoms with E-state index in [-0.39, 0.29) is 24.9 Å². The first-order valence-corrected chi connectivity index (χ1v) is 11.3. The number of nitrogens with one attached hydrogen (secondary N) is 2. The minimum absolute atomic E-state index is 0.0935. The van der Waals surface area contributed by atoms with Crippen LogP contribution in [0.3, 0.4) is 0 Å². The Morgan fingerprint density at radius 3 is 2.30 bits per heavy atom. The van der Waals surface area contributed by atoms with E-state index in [9.17, 15) is 13.2 Å². The zero-order chi connectivity index (χ0) is 20.0. The standard InChI is InChI=1S/C20H33N3O3S/c1-5-10-23-11-7-18(8-12-23)22-19(24)6-9-21-27(25,26)20-16(3)13-15(2)14-17(20)4/h13-14,18,21H,5-12H2,1-4H3,(H,22,24). The fourth-order valence-corrected chi connectivity index (χ4v) is 5.36. The number of carbonyl (C=O) groups excluding carboxylic acids is 1. The van der Waals surface area contributed by atoms with Gasteiger partial charge in [0.05, 0.1) is 4.90 Å². The third kappa shape index (κ3) is 6.30. The van der Waals surface area contributed by atoms with Crippen molar-refractivity contribution in [2.24, 2.45) is 0 Å². The van der Waals surface area contributed by atoms with Gasteiger partial charge in [-0.05, 0) is 57.7 Å². The molecule has 27 heavy (non-hydrogen) atoms. The van der Waals surface area contributed by atoms with Gasteiger partial charge in [0.25, 0.3) is 0 Å². The van der Waals surface area contributed by atoms with Crippen molar-refractivity contribution < 1.29 is 13.2 Å². The topological polar surface area (TPSA) is 78.5 Å². The Hall–Kier alpha value is -1.44. The average Bonchev–Trinajstić information content (AvgIpc) is 2.55. The quantitative estimate of drug-likeness (QED) is 0.708. The maximum Gasteiger partial charge on any atom is 0.241 e. The van der Waals surface area contributed by atoms with E-state index in [4.69, 9.17) is 0 Å². The van der Waals surface area contributed by atoms with Crippen molar-refractivity contribution in [3.8, 4) is 0 Å². The Balaban J connectivity index is 1.81. The summed E-state index contributed by atoms with van der Waals surface area (Å²) in [5.41, 5.74) is 2.49. The first-order valence-electron chi connectivity index (χ1n) is 9.82. The van der Waals surface area contributed by atoms with Crippen molar-refractivity contribution in [3.05, 3.63) is 28.8 Å². The second kappa shape index (κ2) is 9.66. The Labute approximate surface area is 163 Å². The maximum atomic E-state index is 12.6. The van der Waals surface area contributed by atoms with E-state index >= 15 is 0 Å². The summed E-state index contributed by atoms with van der Waals surface area (Å²) in [6.07, 6.45) is 3.22. The maximum absolute atomic E-state index is 12.6. The van der Waals surface area contributed by atoms with Gasteiger partial charge in [-0.15, -0.1) is 0 Å². The fraction of sp³-hybridized carbons (Fsp3) is 0.650. The van der Waals surface area contributed by atoms with Crippen LogP contribution in [0.5, 0.6) is 0 Å². The highest BCUT2D eigenvalue weighted by molar-refractivity contribution is 7.89. The molecule has 1 fully saturated rings. The SMILES string of the molecule is CCCN1CCC(NC(=O)CCNS(=O)(=O)c2c(C)cc(C)cc2C)CC1. The van der Waals surface area contributed by atoms with Gasteiger partial charge in [0, 0.05) is 32.1 Å². The lowest BCUT2D eigenvalue weighted by molar-refractivity contribution is -0.121. The molecular weight excluding hydrogens is 362 g/mol. The summed E-state index contributed by atoms with van der Waals surface area (Å²) in [4.78, 5) is 14.9. The molecule has 0 radical (unpaired) electrons. The van der Waals surface area contributed by atoms with Crippen molar-refractivity contribution in [1.82, 2.24) is 14.9 Å². The molecule has 6 nitrogen and oxygen atoms in total. The molecule has 0 atom stereocenters. The number of hydrogen-bond donors (Lipinski definition) is 2. The predicted octanol–water partition coefficient (Wildman–Crippen LogP) is 2.27. The van der Waals surface area contributed by atoms with E-state index in [1.165, 1.54) is 0 Å². The van der Waals surface area contributed by atoms with E-state index in [1.54, 1.807) is 13.8 Å². The molecule has 2 rings (SSSR count). The smallest absolute Gasteiger partial charge is 0.241 e. The molecule has 0 bridgehead atoms. The molecular formula is C20H33N3O3S. The number of aryl methyl sites for hydroxylation is 3. The summed E-state index contributed by atoms with van der Waals surface area (Å²) >= 11 is 0. The molecule has 152 valence electrons. The summed E-state index contributed by atoms with van der Waals surface area (Å²) in [5, 5.41) is 3.04. The van der Waals surface area contributed by atoms with Crippen LogP contribution in [-0.4, -0.2) is 51.4 Å². The summed E-state index contributed by atoms with van der Waals surface area (Å²) in [6.45, 7) is 11.0. The second-order valence-corrected chi connectivity index (χ2v) is 9.26. The highest BCUT2D eigenvalue weighted by atomic mass is 32.2. The van der Waals surface area contributed by atoms with Gasteiger partial charge < -0.3 is 10.2 Å². The molecule has 1 saturated heterocycles. The zero-order valence-corrected chi connectivity index (χ0v) is 17.8. The van der Waals surface area contributed by atoms with Crippen LogP contribution in [0.25, 0.3) is 0 Å². The molecule has 0 aliphatic carbocycles. The van der Waals surface area contributed by atoms with Crippen LogP contribution in [0.4, 0.5) is 0 Å². The van der Waals surface area contributed by atoms with Gasteiger partial charge in [-0.25, -0.2) is 13.1 Å². The molecule has 0 aromatic heterocycles. The van der Waals surface area contributed by atoms with Crippen LogP contribution >= 0.6 is 0 Å². The van der Waals surface area contributed by atoms with Crippen molar-refractivity contribution >= 4 is 15.9 Å². The third-order valence-electron chi connectivity index (χ3n) is 5.01. The van der Waals surface area contributed by atoms with Gasteiger partial charge in [0.2, 0.25) is 15.9 Å². The molecule has 2 N–H and O–H groups in total. The summed E-state index contributed by atoms with van der Waals surface area (Å²) in [5.74, 6) is -0.0935. The first kappa shape index (κ1) is 21.9. The fourth-order valence-electron chi connectivity index (χ4n) is 3.88. The molecule has 0 unspecified atom stereocenters. The molecule has 1 aromatic rings. The number of benzene rings is 1. The summed E-state index contributed by atoms with van der Waals surface area (Å²) in [6, 6.07) is 3.92. The highest BCUT2D eigenvalue weighted by Crippen LogP contribution is 2.21. The van der Waals surface area contributed by atoms with Crippen LogP contribution in [-0.2, 0) is 14.8 Å². The Morgan fingerprint density at radius 1 is 1.15 bits per heavy atom. The van der Waals surface area contributed by atoms with Crippen molar-refractivity contribution in [3.63, 3.8) is 0 Å². The van der Waals surface area contributed by atoms with E-state index in [0.717, 1.165) is 55.6 Å². The number of rotatable bonds is 8. The molecule has 0 spiro atoms. The Kier molecular flexibility index (Phi) is 7.82. The zero-order valence-electron chi connectivity index (χ0n) is 17.0. The Bertz CT molecular complexity index is 731. The minimum atomic E-state index is -3.62. The lowest BCUT2D eigenvalue weighted by Gasteiger charge is -2.32. The summed E-state index contributed by atoms with van der Waals surface area (Å²) in [7, 11) is -3.62. The monoisotopic (exact) mass is 395 g/mol. The van der Waals surface area contributed by atoms with Gasteiger partial charge in [-0.3, -0.25) is 4.79 Å². The van der Waals surface area contributed by atoms with Gasteiger partial charge in [0.15, 0.2) is 0 Å². The number of piperidine rings is 1. The van der Waals surface area contributed by atoms with E-state index < -0.39 is 10.0 Å². The Morgan fingerprint density at radius 2 is 1.74 bits per heavy atom. The molecule has 0 saturated carbocycles. The number of nitrogens with zero attached hydrogens (tertiary/aromatic N) is 1. The van der Waals surface area contributed by atoms with Crippen molar-refractivity contribution in [2.45, 2.75) is 64.3 Å². The number of sulfonamides is 1. The molecule has 1 aromatic carbocycles. The van der Waals surface area contributed by atoms with Crippen molar-refractivity contribution in [1.29, 1.82) is 0 Å². The van der Waals surface area contributed by atoms with Crippen molar-refractivity contribution in [2.75, 3.05) is 26.2 Å². The number of amides is 1. The molecule has 7 heteroatoms. The van der Waals surface area contributed by atoms with Crippen LogP contribution < -0.4 is 10.0 Å². The molecule has 1 heterocycles. The normalized spacial score (nSPS) is 16.4. The summed E-state index contributed by atoms with van der Waals surface area (Å²) < 4.78 is 27.8. The second-order valence-electron chi connectivity index (χ2n) is 7.56. The largest absolute Gasteiger partial charge is 0.353 e. The molecule has 1 aliphatic rings. The van der Waals surface area contributed by atoms with Gasteiger partial charge >= 0.3 is 0 Å². The third-order valence-corrected chi connectivity index (χ3v) is 6.78. The van der Waals surface area contributed by atoms with Gasteiger partial charge in [-0.2, -0.15) is 0 Å². The van der Waals surface area contributed by atoms with Gasteiger partial charge in [0.1, 0.15) is 0 Å². The number of carbonyl (C=O) groups is 1. The predicted molar refractivity (Wildman–Crippen MR) is 108 cm³/mol. The molecule has 1 aliphatic heterocycles. The minimum Gasteiger partial charge on any atom is -0.353 e. The van der Waals surface area contributed by atoms with E-state index in [1.807, 2.05) is 19.1 Å². The highest BCUT2D eigenvalue weighted by Gasteiger charge is 2.22. The number of hydrogen-bond acceptors (Lipinski definition) is 4. The van der Waals surface area contributed by atoms with Crippen LogP contribution in [0.1, 0.15) is 49.3 Å². The van der Waals surface area contributed by atoms with Gasteiger partial charge in [-0.1, -0.05) is 24.6 Å². The van der Waals surface area contributed by atoms with E-state index in [2.05, 4.69) is 21.9 Å². The lowest BCUT2D eigenvalue weighted by atomic mass is 10.0. The van der Waals surface area contributed by atoms with Crippen LogP contribution in [0.15, 0.2) is 17.0 Å². The van der Waals surface area contributed by atoms with E-state index in [0.29, 0.717) is 4.90 Å². The van der Waals surface area contributed by atoms with Crippen LogP contribution in [0.2, 0.25) is 0 Å². The lowest BCUT2D eigenvalue weighted by Crippen LogP contribution is -2.45. The van der Waals surface area contributed by atoms with Crippen LogP contribution in [0, 0.1) is 20.8 Å². The average molecular weight is 396 g/mol. The molecule has 1 amide bonds. The number of likely N-dealkylation sites (tertiary alicyclic amines) is 1.